The number of aromatic amines is 1. The number of hydrogen-bond acceptors (Lipinski definition) is 4. The van der Waals surface area contributed by atoms with E-state index in [0.29, 0.717) is 17.9 Å². The molecule has 0 aliphatic carbocycles. The van der Waals surface area contributed by atoms with Crippen LogP contribution in [-0.4, -0.2) is 32.7 Å². The summed E-state index contributed by atoms with van der Waals surface area (Å²) >= 11 is 0. The standard InChI is InChI=1S/C21H23FN4O2/c1-13-14(2)25-28-21(13)16-12-23-24-20(16)18-9-5-6-10-26(18)19(27)11-15-7-3-4-8-17(15)22/h3-4,7-8,12,18H,5-6,9-11H2,1-2H3,(H,23,24)/t18-/m1/s1. The Morgan fingerprint density at radius 3 is 2.89 bits per heavy atom. The van der Waals surface area contributed by atoms with Crippen molar-refractivity contribution >= 4 is 5.91 Å². The average molecular weight is 382 g/mol. The minimum absolute atomic E-state index is 0.0487. The van der Waals surface area contributed by atoms with E-state index in [1.54, 1.807) is 24.4 Å². The molecule has 1 saturated heterocycles. The topological polar surface area (TPSA) is 75.0 Å². The lowest BCUT2D eigenvalue weighted by Gasteiger charge is -2.35. The Labute approximate surface area is 162 Å². The van der Waals surface area contributed by atoms with Gasteiger partial charge in [-0.1, -0.05) is 23.4 Å². The van der Waals surface area contributed by atoms with Gasteiger partial charge in [0.1, 0.15) is 5.82 Å². The summed E-state index contributed by atoms with van der Waals surface area (Å²) in [4.78, 5) is 14.9. The third-order valence-electron chi connectivity index (χ3n) is 5.53. The summed E-state index contributed by atoms with van der Waals surface area (Å²) in [5, 5.41) is 11.3. The molecule has 0 bridgehead atoms. The van der Waals surface area contributed by atoms with Crippen LogP contribution in [0.4, 0.5) is 4.39 Å². The number of carbonyl (C=O) groups is 1. The van der Waals surface area contributed by atoms with Crippen molar-refractivity contribution in [2.45, 2.75) is 45.6 Å². The van der Waals surface area contributed by atoms with E-state index in [4.69, 9.17) is 4.52 Å². The minimum Gasteiger partial charge on any atom is -0.356 e. The molecule has 3 aromatic rings. The van der Waals surface area contributed by atoms with Crippen LogP contribution < -0.4 is 0 Å². The molecule has 4 rings (SSSR count). The van der Waals surface area contributed by atoms with Crippen molar-refractivity contribution in [1.82, 2.24) is 20.3 Å². The summed E-state index contributed by atoms with van der Waals surface area (Å²) in [5.74, 6) is 0.244. The van der Waals surface area contributed by atoms with Crippen molar-refractivity contribution < 1.29 is 13.7 Å². The molecule has 7 heteroatoms. The van der Waals surface area contributed by atoms with Gasteiger partial charge >= 0.3 is 0 Å². The van der Waals surface area contributed by atoms with Gasteiger partial charge in [0, 0.05) is 12.1 Å². The second kappa shape index (κ2) is 7.58. The molecule has 146 valence electrons. The van der Waals surface area contributed by atoms with Gasteiger partial charge in [-0.05, 0) is 44.7 Å². The van der Waals surface area contributed by atoms with Gasteiger partial charge in [-0.2, -0.15) is 5.10 Å². The molecule has 1 amide bonds. The fourth-order valence-corrected chi connectivity index (χ4v) is 3.83. The Morgan fingerprint density at radius 2 is 2.14 bits per heavy atom. The Balaban J connectivity index is 1.64. The van der Waals surface area contributed by atoms with Gasteiger partial charge in [0.2, 0.25) is 5.91 Å². The highest BCUT2D eigenvalue weighted by Crippen LogP contribution is 2.37. The summed E-state index contributed by atoms with van der Waals surface area (Å²) in [6.45, 7) is 4.50. The molecule has 0 radical (unpaired) electrons. The van der Waals surface area contributed by atoms with Crippen LogP contribution in [0.25, 0.3) is 11.3 Å². The van der Waals surface area contributed by atoms with E-state index in [1.165, 1.54) is 6.07 Å². The van der Waals surface area contributed by atoms with Gasteiger partial charge in [-0.15, -0.1) is 0 Å². The number of nitrogens with zero attached hydrogens (tertiary/aromatic N) is 3. The van der Waals surface area contributed by atoms with Crippen molar-refractivity contribution in [2.75, 3.05) is 6.54 Å². The van der Waals surface area contributed by atoms with Crippen molar-refractivity contribution in [1.29, 1.82) is 0 Å². The number of amides is 1. The number of aryl methyl sites for hydroxylation is 1. The van der Waals surface area contributed by atoms with E-state index >= 15 is 0 Å². The highest BCUT2D eigenvalue weighted by molar-refractivity contribution is 5.80. The zero-order chi connectivity index (χ0) is 19.7. The zero-order valence-electron chi connectivity index (χ0n) is 16.0. The number of likely N-dealkylation sites (tertiary alicyclic amines) is 1. The molecule has 28 heavy (non-hydrogen) atoms. The highest BCUT2D eigenvalue weighted by Gasteiger charge is 2.32. The molecular weight excluding hydrogens is 359 g/mol. The quantitative estimate of drug-likeness (QED) is 0.737. The molecule has 1 aromatic carbocycles. The van der Waals surface area contributed by atoms with Crippen molar-refractivity contribution in [2.24, 2.45) is 0 Å². The fourth-order valence-electron chi connectivity index (χ4n) is 3.83. The Morgan fingerprint density at radius 1 is 1.32 bits per heavy atom. The smallest absolute Gasteiger partial charge is 0.227 e. The molecule has 6 nitrogen and oxygen atoms in total. The molecular formula is C21H23FN4O2. The van der Waals surface area contributed by atoms with Gasteiger partial charge in [-0.25, -0.2) is 4.39 Å². The van der Waals surface area contributed by atoms with Crippen molar-refractivity contribution in [3.05, 3.63) is 58.8 Å². The first-order valence-corrected chi connectivity index (χ1v) is 9.55. The zero-order valence-corrected chi connectivity index (χ0v) is 16.0. The van der Waals surface area contributed by atoms with Gasteiger partial charge in [0.05, 0.1) is 35.6 Å². The number of nitrogens with one attached hydrogen (secondary N) is 1. The molecule has 1 atom stereocenters. The summed E-state index contributed by atoms with van der Waals surface area (Å²) < 4.78 is 19.5. The van der Waals surface area contributed by atoms with E-state index in [2.05, 4.69) is 15.4 Å². The number of carbonyl (C=O) groups excluding carboxylic acids is 1. The molecule has 1 N–H and O–H groups in total. The van der Waals surface area contributed by atoms with Crippen molar-refractivity contribution in [3.8, 4) is 11.3 Å². The third kappa shape index (κ3) is 3.32. The first-order valence-electron chi connectivity index (χ1n) is 9.55. The van der Waals surface area contributed by atoms with Gasteiger partial charge in [-0.3, -0.25) is 9.89 Å². The normalized spacial score (nSPS) is 17.1. The van der Waals surface area contributed by atoms with Crippen LogP contribution in [0.5, 0.6) is 0 Å². The maximum absolute atomic E-state index is 14.0. The van der Waals surface area contributed by atoms with E-state index in [0.717, 1.165) is 41.8 Å². The number of hydrogen-bond donors (Lipinski definition) is 1. The van der Waals surface area contributed by atoms with Gasteiger partial charge in [0.15, 0.2) is 5.76 Å². The second-order valence-corrected chi connectivity index (χ2v) is 7.29. The van der Waals surface area contributed by atoms with Gasteiger partial charge in [0.25, 0.3) is 0 Å². The molecule has 1 aliphatic heterocycles. The SMILES string of the molecule is Cc1noc(-c2cn[nH]c2[C@H]2CCCCN2C(=O)Cc2ccccc2F)c1C. The largest absolute Gasteiger partial charge is 0.356 e. The summed E-state index contributed by atoms with van der Waals surface area (Å²) in [7, 11) is 0. The summed E-state index contributed by atoms with van der Waals surface area (Å²) in [6, 6.07) is 6.29. The maximum atomic E-state index is 14.0. The molecule has 1 fully saturated rings. The number of benzene rings is 1. The first-order chi connectivity index (χ1) is 13.6. The van der Waals surface area contributed by atoms with E-state index in [-0.39, 0.29) is 24.2 Å². The first kappa shape index (κ1) is 18.4. The van der Waals surface area contributed by atoms with E-state index in [1.807, 2.05) is 18.7 Å². The van der Waals surface area contributed by atoms with Crippen LogP contribution in [0.3, 0.4) is 0 Å². The number of aromatic nitrogens is 3. The van der Waals surface area contributed by atoms with Gasteiger partial charge < -0.3 is 9.42 Å². The Kier molecular flexibility index (Phi) is 4.98. The van der Waals surface area contributed by atoms with Crippen LogP contribution in [-0.2, 0) is 11.2 Å². The summed E-state index contributed by atoms with van der Waals surface area (Å²) in [6.07, 6.45) is 4.54. The van der Waals surface area contributed by atoms with Crippen molar-refractivity contribution in [3.63, 3.8) is 0 Å². The number of halogens is 1. The number of H-pyrrole nitrogens is 1. The summed E-state index contributed by atoms with van der Waals surface area (Å²) in [5.41, 5.74) is 3.89. The van der Waals surface area contributed by atoms with Crippen LogP contribution >= 0.6 is 0 Å². The molecule has 1 aliphatic rings. The Hall–Kier alpha value is -2.96. The molecule has 3 heterocycles. The third-order valence-corrected chi connectivity index (χ3v) is 5.53. The van der Waals surface area contributed by atoms with Crippen LogP contribution in [0.15, 0.2) is 35.0 Å². The van der Waals surface area contributed by atoms with Crippen LogP contribution in [0, 0.1) is 19.7 Å². The predicted molar refractivity (Wildman–Crippen MR) is 102 cm³/mol. The fraction of sp³-hybridized carbons (Fsp3) is 0.381. The molecule has 0 spiro atoms. The molecule has 0 unspecified atom stereocenters. The minimum atomic E-state index is -0.348. The number of piperidine rings is 1. The second-order valence-electron chi connectivity index (χ2n) is 7.29. The average Bonchev–Trinajstić information content (AvgIpc) is 3.30. The maximum Gasteiger partial charge on any atom is 0.227 e. The Bertz CT molecular complexity index is 994. The monoisotopic (exact) mass is 382 g/mol. The van der Waals surface area contributed by atoms with Crippen LogP contribution in [0.2, 0.25) is 0 Å². The van der Waals surface area contributed by atoms with Crippen LogP contribution in [0.1, 0.15) is 47.8 Å². The molecule has 2 aromatic heterocycles. The lowest BCUT2D eigenvalue weighted by Crippen LogP contribution is -2.39. The predicted octanol–water partition coefficient (Wildman–Crippen LogP) is 4.12. The van der Waals surface area contributed by atoms with E-state index < -0.39 is 0 Å². The molecule has 0 saturated carbocycles. The van der Waals surface area contributed by atoms with E-state index in [9.17, 15) is 9.18 Å². The lowest BCUT2D eigenvalue weighted by atomic mass is 9.94. The highest BCUT2D eigenvalue weighted by atomic mass is 19.1. The number of rotatable bonds is 4. The lowest BCUT2D eigenvalue weighted by molar-refractivity contribution is -0.134.